The van der Waals surface area contributed by atoms with E-state index in [1.807, 2.05) is 32.0 Å². The maximum atomic E-state index is 12.8. The van der Waals surface area contributed by atoms with Gasteiger partial charge in [0.1, 0.15) is 18.5 Å². The minimum atomic E-state index is -0.863. The summed E-state index contributed by atoms with van der Waals surface area (Å²) in [4.78, 5) is 17.1. The molecule has 0 fully saturated rings. The Balaban J connectivity index is 1.77. The molecule has 0 amide bonds. The first-order valence-electron chi connectivity index (χ1n) is 8.92. The number of aryl methyl sites for hydroxylation is 2. The Morgan fingerprint density at radius 2 is 1.79 bits per heavy atom. The van der Waals surface area contributed by atoms with Crippen molar-refractivity contribution in [1.82, 2.24) is 9.55 Å². The number of aliphatic hydroxyl groups excluding tert-OH is 1. The second-order valence-electron chi connectivity index (χ2n) is 6.66. The van der Waals surface area contributed by atoms with Gasteiger partial charge in [0.2, 0.25) is 0 Å². The van der Waals surface area contributed by atoms with E-state index >= 15 is 0 Å². The summed E-state index contributed by atoms with van der Waals surface area (Å²) < 4.78 is 17.6. The second-order valence-corrected chi connectivity index (χ2v) is 6.66. The number of nitrogens with zero attached hydrogens (tertiary/aromatic N) is 2. The molecule has 1 unspecified atom stereocenters. The normalized spacial score (nSPS) is 12.0. The second kappa shape index (κ2) is 8.31. The van der Waals surface area contributed by atoms with Gasteiger partial charge >= 0.3 is 0 Å². The lowest BCUT2D eigenvalue weighted by molar-refractivity contribution is 0.0911. The standard InChI is InChI=1S/C21H24N2O5/c1-13-5-6-18(14(2)7-13)28-11-15(24)10-23-12-22-17-9-20(27-4)19(26-3)8-16(17)21(23)25/h5-9,12,15,24H,10-11H2,1-4H3. The number of ether oxygens (including phenoxy) is 3. The van der Waals surface area contributed by atoms with Crippen LogP contribution >= 0.6 is 0 Å². The molecule has 1 aromatic heterocycles. The zero-order valence-electron chi connectivity index (χ0n) is 16.4. The van der Waals surface area contributed by atoms with Crippen molar-refractivity contribution in [2.75, 3.05) is 20.8 Å². The van der Waals surface area contributed by atoms with Gasteiger partial charge in [0.05, 0.1) is 38.0 Å². The molecule has 7 heteroatoms. The minimum absolute atomic E-state index is 0.0698. The zero-order valence-corrected chi connectivity index (χ0v) is 16.4. The van der Waals surface area contributed by atoms with Crippen LogP contribution in [0.25, 0.3) is 10.9 Å². The maximum absolute atomic E-state index is 12.8. The molecule has 28 heavy (non-hydrogen) atoms. The minimum Gasteiger partial charge on any atom is -0.493 e. The number of aromatic nitrogens is 2. The molecule has 0 aliphatic heterocycles. The summed E-state index contributed by atoms with van der Waals surface area (Å²) in [5, 5.41) is 10.7. The molecular weight excluding hydrogens is 360 g/mol. The van der Waals surface area contributed by atoms with Crippen LogP contribution in [-0.2, 0) is 6.54 Å². The number of methoxy groups -OCH3 is 2. The Morgan fingerprint density at radius 3 is 2.46 bits per heavy atom. The Kier molecular flexibility index (Phi) is 5.84. The summed E-state index contributed by atoms with van der Waals surface area (Å²) in [6.45, 7) is 4.10. The van der Waals surface area contributed by atoms with Crippen molar-refractivity contribution in [2.45, 2.75) is 26.5 Å². The van der Waals surface area contributed by atoms with E-state index in [4.69, 9.17) is 14.2 Å². The quantitative estimate of drug-likeness (QED) is 0.674. The van der Waals surface area contributed by atoms with Crippen molar-refractivity contribution in [2.24, 2.45) is 0 Å². The summed E-state index contributed by atoms with van der Waals surface area (Å²) in [7, 11) is 3.03. The Labute approximate surface area is 163 Å². The molecule has 0 bridgehead atoms. The van der Waals surface area contributed by atoms with Gasteiger partial charge in [0, 0.05) is 6.07 Å². The van der Waals surface area contributed by atoms with E-state index in [9.17, 15) is 9.90 Å². The van der Waals surface area contributed by atoms with Gasteiger partial charge in [-0.15, -0.1) is 0 Å². The lowest BCUT2D eigenvalue weighted by atomic mass is 10.1. The number of fused-ring (bicyclic) bond motifs is 1. The van der Waals surface area contributed by atoms with Crippen LogP contribution in [0.4, 0.5) is 0 Å². The van der Waals surface area contributed by atoms with Gasteiger partial charge in [-0.05, 0) is 31.5 Å². The first kappa shape index (κ1) is 19.7. The van der Waals surface area contributed by atoms with Crippen molar-refractivity contribution in [3.05, 3.63) is 58.1 Å². The fraction of sp³-hybridized carbons (Fsp3) is 0.333. The molecule has 0 saturated carbocycles. The van der Waals surface area contributed by atoms with E-state index in [1.54, 1.807) is 12.1 Å². The van der Waals surface area contributed by atoms with E-state index in [2.05, 4.69) is 4.98 Å². The number of aliphatic hydroxyl groups is 1. The van der Waals surface area contributed by atoms with Crippen LogP contribution in [-0.4, -0.2) is 41.6 Å². The van der Waals surface area contributed by atoms with Crippen molar-refractivity contribution in [1.29, 1.82) is 0 Å². The van der Waals surface area contributed by atoms with Gasteiger partial charge in [-0.25, -0.2) is 4.98 Å². The molecular formula is C21H24N2O5. The molecule has 0 radical (unpaired) electrons. The van der Waals surface area contributed by atoms with Crippen LogP contribution in [0.3, 0.4) is 0 Å². The predicted molar refractivity (Wildman–Crippen MR) is 107 cm³/mol. The molecule has 7 nitrogen and oxygen atoms in total. The predicted octanol–water partition coefficient (Wildman–Crippen LogP) is 2.47. The molecule has 0 spiro atoms. The lowest BCUT2D eigenvalue weighted by Crippen LogP contribution is -2.30. The van der Waals surface area contributed by atoms with Crippen molar-refractivity contribution < 1.29 is 19.3 Å². The van der Waals surface area contributed by atoms with Crippen LogP contribution in [0, 0.1) is 13.8 Å². The smallest absolute Gasteiger partial charge is 0.261 e. The molecule has 1 N–H and O–H groups in total. The average molecular weight is 384 g/mol. The van der Waals surface area contributed by atoms with Crippen LogP contribution in [0.5, 0.6) is 17.2 Å². The molecule has 0 aliphatic rings. The molecule has 1 heterocycles. The molecule has 0 aliphatic carbocycles. The van der Waals surface area contributed by atoms with Gasteiger partial charge in [0.25, 0.3) is 5.56 Å². The number of hydrogen-bond acceptors (Lipinski definition) is 6. The van der Waals surface area contributed by atoms with E-state index in [-0.39, 0.29) is 18.7 Å². The van der Waals surface area contributed by atoms with Crippen molar-refractivity contribution in [3.8, 4) is 17.2 Å². The van der Waals surface area contributed by atoms with Gasteiger partial charge in [0.15, 0.2) is 11.5 Å². The summed E-state index contributed by atoms with van der Waals surface area (Å²) in [6, 6.07) is 9.09. The average Bonchev–Trinajstić information content (AvgIpc) is 2.68. The van der Waals surface area contributed by atoms with E-state index in [0.29, 0.717) is 28.2 Å². The number of hydrogen-bond donors (Lipinski definition) is 1. The van der Waals surface area contributed by atoms with Crippen molar-refractivity contribution >= 4 is 10.9 Å². The molecule has 2 aromatic carbocycles. The molecule has 3 aromatic rings. The van der Waals surface area contributed by atoms with Gasteiger partial charge in [-0.1, -0.05) is 17.7 Å². The molecule has 1 atom stereocenters. The van der Waals surface area contributed by atoms with Crippen LogP contribution in [0.2, 0.25) is 0 Å². The van der Waals surface area contributed by atoms with Gasteiger partial charge in [-0.2, -0.15) is 0 Å². The third-order valence-electron chi connectivity index (χ3n) is 4.50. The molecule has 148 valence electrons. The lowest BCUT2D eigenvalue weighted by Gasteiger charge is -2.16. The molecule has 0 saturated heterocycles. The van der Waals surface area contributed by atoms with Crippen LogP contribution in [0.1, 0.15) is 11.1 Å². The van der Waals surface area contributed by atoms with Gasteiger partial charge < -0.3 is 19.3 Å². The fourth-order valence-corrected chi connectivity index (χ4v) is 3.04. The Bertz CT molecular complexity index is 1040. The van der Waals surface area contributed by atoms with Crippen LogP contribution < -0.4 is 19.8 Å². The first-order valence-corrected chi connectivity index (χ1v) is 8.92. The number of rotatable bonds is 7. The summed E-state index contributed by atoms with van der Waals surface area (Å²) in [5.74, 6) is 1.66. The highest BCUT2D eigenvalue weighted by atomic mass is 16.5. The largest absolute Gasteiger partial charge is 0.493 e. The third kappa shape index (κ3) is 4.09. The topological polar surface area (TPSA) is 82.8 Å². The van der Waals surface area contributed by atoms with E-state index in [0.717, 1.165) is 11.1 Å². The summed E-state index contributed by atoms with van der Waals surface area (Å²) in [6.07, 6.45) is 0.550. The maximum Gasteiger partial charge on any atom is 0.261 e. The Hall–Kier alpha value is -3.06. The third-order valence-corrected chi connectivity index (χ3v) is 4.50. The summed E-state index contributed by atoms with van der Waals surface area (Å²) >= 11 is 0. The highest BCUT2D eigenvalue weighted by molar-refractivity contribution is 5.81. The van der Waals surface area contributed by atoms with Crippen LogP contribution in [0.15, 0.2) is 41.5 Å². The highest BCUT2D eigenvalue weighted by Crippen LogP contribution is 2.29. The highest BCUT2D eigenvalue weighted by Gasteiger charge is 2.14. The zero-order chi connectivity index (χ0) is 20.3. The molecule has 3 rings (SSSR count). The van der Waals surface area contributed by atoms with E-state index < -0.39 is 6.10 Å². The monoisotopic (exact) mass is 384 g/mol. The SMILES string of the molecule is COc1cc2ncn(CC(O)COc3ccc(C)cc3C)c(=O)c2cc1OC. The number of benzene rings is 2. The fourth-order valence-electron chi connectivity index (χ4n) is 3.04. The first-order chi connectivity index (χ1) is 13.4. The van der Waals surface area contributed by atoms with Crippen molar-refractivity contribution in [3.63, 3.8) is 0 Å². The van der Waals surface area contributed by atoms with Gasteiger partial charge in [-0.3, -0.25) is 9.36 Å². The Morgan fingerprint density at radius 1 is 1.07 bits per heavy atom. The van der Waals surface area contributed by atoms with E-state index in [1.165, 1.54) is 25.1 Å². The summed E-state index contributed by atoms with van der Waals surface area (Å²) in [5.41, 5.74) is 2.38.